The van der Waals surface area contributed by atoms with Gasteiger partial charge in [-0.2, -0.15) is 12.6 Å². The zero-order chi connectivity index (χ0) is 10.4. The van der Waals surface area contributed by atoms with E-state index in [1.165, 1.54) is 5.56 Å². The minimum atomic E-state index is 0.237. The van der Waals surface area contributed by atoms with Gasteiger partial charge in [0.15, 0.2) is 0 Å². The van der Waals surface area contributed by atoms with E-state index in [2.05, 4.69) is 43.1 Å². The standard InChI is InChI=1S/C11H17NOS/c1-9-4-3-5-10(6-9)12-7-11(14)8-13-2/h3-6,11-12,14H,7-8H2,1-2H3. The van der Waals surface area contributed by atoms with Crippen LogP contribution in [0.1, 0.15) is 5.56 Å². The second-order valence-corrected chi connectivity index (χ2v) is 4.09. The van der Waals surface area contributed by atoms with E-state index >= 15 is 0 Å². The number of thiol groups is 1. The molecule has 0 spiro atoms. The first kappa shape index (κ1) is 11.4. The van der Waals surface area contributed by atoms with Crippen molar-refractivity contribution in [2.24, 2.45) is 0 Å². The predicted octanol–water partition coefficient (Wildman–Crippen LogP) is 2.35. The van der Waals surface area contributed by atoms with Crippen molar-refractivity contribution in [2.75, 3.05) is 25.6 Å². The van der Waals surface area contributed by atoms with Crippen LogP contribution in [-0.2, 0) is 4.74 Å². The molecule has 0 fully saturated rings. The van der Waals surface area contributed by atoms with Gasteiger partial charge < -0.3 is 10.1 Å². The molecule has 1 atom stereocenters. The average molecular weight is 211 g/mol. The maximum Gasteiger partial charge on any atom is 0.0595 e. The Balaban J connectivity index is 2.37. The highest BCUT2D eigenvalue weighted by molar-refractivity contribution is 7.81. The lowest BCUT2D eigenvalue weighted by Crippen LogP contribution is -2.19. The fourth-order valence-corrected chi connectivity index (χ4v) is 1.48. The highest BCUT2D eigenvalue weighted by Gasteiger charge is 2.01. The van der Waals surface area contributed by atoms with Crippen molar-refractivity contribution in [3.05, 3.63) is 29.8 Å². The van der Waals surface area contributed by atoms with E-state index in [1.807, 2.05) is 6.07 Å². The van der Waals surface area contributed by atoms with Crippen LogP contribution >= 0.6 is 12.6 Å². The van der Waals surface area contributed by atoms with Crippen LogP contribution in [0.25, 0.3) is 0 Å². The molecule has 0 aliphatic rings. The molecule has 0 saturated carbocycles. The van der Waals surface area contributed by atoms with Gasteiger partial charge in [0, 0.05) is 24.6 Å². The Kier molecular flexibility index (Phi) is 4.84. The Morgan fingerprint density at radius 1 is 1.50 bits per heavy atom. The number of aryl methyl sites for hydroxylation is 1. The monoisotopic (exact) mass is 211 g/mol. The number of anilines is 1. The summed E-state index contributed by atoms with van der Waals surface area (Å²) < 4.78 is 5.00. The first-order valence-corrected chi connectivity index (χ1v) is 5.21. The highest BCUT2D eigenvalue weighted by Crippen LogP contribution is 2.10. The SMILES string of the molecule is COCC(S)CNc1cccc(C)c1. The lowest BCUT2D eigenvalue weighted by molar-refractivity contribution is 0.202. The number of hydrogen-bond donors (Lipinski definition) is 2. The number of benzene rings is 1. The van der Waals surface area contributed by atoms with Crippen LogP contribution in [0.4, 0.5) is 5.69 Å². The first-order valence-electron chi connectivity index (χ1n) is 4.70. The highest BCUT2D eigenvalue weighted by atomic mass is 32.1. The molecule has 0 aliphatic heterocycles. The molecule has 78 valence electrons. The molecule has 0 heterocycles. The van der Waals surface area contributed by atoms with Gasteiger partial charge in [0.1, 0.15) is 0 Å². The maximum absolute atomic E-state index is 5.00. The van der Waals surface area contributed by atoms with Crippen molar-refractivity contribution < 1.29 is 4.74 Å². The number of methoxy groups -OCH3 is 1. The molecule has 3 heteroatoms. The van der Waals surface area contributed by atoms with Gasteiger partial charge in [-0.05, 0) is 24.6 Å². The van der Waals surface area contributed by atoms with Crippen molar-refractivity contribution in [2.45, 2.75) is 12.2 Å². The third-order valence-corrected chi connectivity index (χ3v) is 2.25. The molecule has 1 aromatic rings. The molecule has 0 amide bonds. The summed E-state index contributed by atoms with van der Waals surface area (Å²) in [6.07, 6.45) is 0. The number of ether oxygens (including phenoxy) is 1. The summed E-state index contributed by atoms with van der Waals surface area (Å²) >= 11 is 4.38. The van der Waals surface area contributed by atoms with Crippen molar-refractivity contribution in [1.29, 1.82) is 0 Å². The molecular weight excluding hydrogens is 194 g/mol. The van der Waals surface area contributed by atoms with Crippen LogP contribution in [0, 0.1) is 6.92 Å². The van der Waals surface area contributed by atoms with Gasteiger partial charge in [0.25, 0.3) is 0 Å². The molecule has 0 bridgehead atoms. The molecule has 1 N–H and O–H groups in total. The lowest BCUT2D eigenvalue weighted by atomic mass is 10.2. The summed E-state index contributed by atoms with van der Waals surface area (Å²) in [5.74, 6) is 0. The van der Waals surface area contributed by atoms with E-state index in [0.717, 1.165) is 12.2 Å². The Labute approximate surface area is 91.1 Å². The molecule has 14 heavy (non-hydrogen) atoms. The molecule has 0 saturated heterocycles. The largest absolute Gasteiger partial charge is 0.384 e. The Hall–Kier alpha value is -0.670. The average Bonchev–Trinajstić information content (AvgIpc) is 2.15. The van der Waals surface area contributed by atoms with E-state index in [0.29, 0.717) is 6.61 Å². The lowest BCUT2D eigenvalue weighted by Gasteiger charge is -2.12. The molecule has 1 aromatic carbocycles. The number of hydrogen-bond acceptors (Lipinski definition) is 3. The zero-order valence-electron chi connectivity index (χ0n) is 8.66. The van der Waals surface area contributed by atoms with E-state index in [1.54, 1.807) is 7.11 Å². The molecule has 0 aromatic heterocycles. The molecular formula is C11H17NOS. The molecule has 1 rings (SSSR count). The Morgan fingerprint density at radius 3 is 2.93 bits per heavy atom. The Bertz CT molecular complexity index is 278. The second-order valence-electron chi connectivity index (χ2n) is 3.36. The number of rotatable bonds is 5. The van der Waals surface area contributed by atoms with Gasteiger partial charge in [-0.1, -0.05) is 12.1 Å². The first-order chi connectivity index (χ1) is 6.72. The van der Waals surface area contributed by atoms with Crippen LogP contribution < -0.4 is 5.32 Å². The minimum Gasteiger partial charge on any atom is -0.384 e. The van der Waals surface area contributed by atoms with Gasteiger partial charge in [0.2, 0.25) is 0 Å². The van der Waals surface area contributed by atoms with Crippen LogP contribution in [0.3, 0.4) is 0 Å². The fraction of sp³-hybridized carbons (Fsp3) is 0.455. The van der Waals surface area contributed by atoms with Gasteiger partial charge in [-0.15, -0.1) is 0 Å². The van der Waals surface area contributed by atoms with Crippen LogP contribution in [0.5, 0.6) is 0 Å². The van der Waals surface area contributed by atoms with E-state index < -0.39 is 0 Å². The maximum atomic E-state index is 5.00. The quantitative estimate of drug-likeness (QED) is 0.730. The van der Waals surface area contributed by atoms with Crippen molar-refractivity contribution in [3.63, 3.8) is 0 Å². The summed E-state index contributed by atoms with van der Waals surface area (Å²) in [4.78, 5) is 0. The molecule has 0 radical (unpaired) electrons. The molecule has 0 aliphatic carbocycles. The van der Waals surface area contributed by atoms with Crippen LogP contribution in [0.15, 0.2) is 24.3 Å². The molecule has 2 nitrogen and oxygen atoms in total. The van der Waals surface area contributed by atoms with Gasteiger partial charge in [-0.3, -0.25) is 0 Å². The normalized spacial score (nSPS) is 12.5. The predicted molar refractivity (Wildman–Crippen MR) is 64.3 cm³/mol. The van der Waals surface area contributed by atoms with Crippen LogP contribution in [0.2, 0.25) is 0 Å². The second kappa shape index (κ2) is 5.94. The van der Waals surface area contributed by atoms with Gasteiger partial charge in [0.05, 0.1) is 6.61 Å². The van der Waals surface area contributed by atoms with E-state index in [9.17, 15) is 0 Å². The van der Waals surface area contributed by atoms with Gasteiger partial charge >= 0.3 is 0 Å². The number of nitrogens with one attached hydrogen (secondary N) is 1. The summed E-state index contributed by atoms with van der Waals surface area (Å²) in [5.41, 5.74) is 2.40. The zero-order valence-corrected chi connectivity index (χ0v) is 9.55. The smallest absolute Gasteiger partial charge is 0.0595 e. The minimum absolute atomic E-state index is 0.237. The fourth-order valence-electron chi connectivity index (χ4n) is 1.24. The van der Waals surface area contributed by atoms with Crippen molar-refractivity contribution in [3.8, 4) is 0 Å². The van der Waals surface area contributed by atoms with Gasteiger partial charge in [-0.25, -0.2) is 0 Å². The third kappa shape index (κ3) is 4.03. The van der Waals surface area contributed by atoms with Crippen molar-refractivity contribution >= 4 is 18.3 Å². The Morgan fingerprint density at radius 2 is 2.29 bits per heavy atom. The summed E-state index contributed by atoms with van der Waals surface area (Å²) in [7, 11) is 1.69. The third-order valence-electron chi connectivity index (χ3n) is 1.92. The summed E-state index contributed by atoms with van der Waals surface area (Å²) in [6, 6.07) is 8.30. The van der Waals surface area contributed by atoms with Crippen molar-refractivity contribution in [1.82, 2.24) is 0 Å². The van der Waals surface area contributed by atoms with E-state index in [4.69, 9.17) is 4.74 Å². The summed E-state index contributed by atoms with van der Waals surface area (Å²) in [5, 5.41) is 3.55. The molecule has 1 unspecified atom stereocenters. The summed E-state index contributed by atoms with van der Waals surface area (Å²) in [6.45, 7) is 3.57. The van der Waals surface area contributed by atoms with Crippen LogP contribution in [-0.4, -0.2) is 25.5 Å². The van der Waals surface area contributed by atoms with E-state index in [-0.39, 0.29) is 5.25 Å². The topological polar surface area (TPSA) is 21.3 Å².